The van der Waals surface area contributed by atoms with E-state index in [0.717, 1.165) is 0 Å². The van der Waals surface area contributed by atoms with Crippen LogP contribution in [0.2, 0.25) is 0 Å². The van der Waals surface area contributed by atoms with E-state index in [4.69, 9.17) is 33.4 Å². The zero-order valence-electron chi connectivity index (χ0n) is 11.0. The monoisotopic (exact) mass is 335 g/mol. The van der Waals surface area contributed by atoms with Gasteiger partial charge in [0.2, 0.25) is 0 Å². The highest BCUT2D eigenvalue weighted by atomic mass is 35.5. The normalized spacial score (nSPS) is 12.3. The second-order valence-electron chi connectivity index (χ2n) is 3.88. The summed E-state index contributed by atoms with van der Waals surface area (Å²) in [5.41, 5.74) is 0. The van der Waals surface area contributed by atoms with Gasteiger partial charge in [-0.2, -0.15) is 0 Å². The number of hydrogen-bond acceptors (Lipinski definition) is 3. The first-order valence-corrected chi connectivity index (χ1v) is 9.06. The lowest BCUT2D eigenvalue weighted by Gasteiger charge is -2.31. The molecular weight excluding hydrogens is 312 g/mol. The lowest BCUT2D eigenvalue weighted by atomic mass is 10.5. The van der Waals surface area contributed by atoms with Crippen LogP contribution in [-0.2, 0) is 4.57 Å². The van der Waals surface area contributed by atoms with Crippen LogP contribution in [0.4, 0.5) is 0 Å². The minimum atomic E-state index is -2.98. The van der Waals surface area contributed by atoms with Crippen LogP contribution in [0, 0.1) is 0 Å². The summed E-state index contributed by atoms with van der Waals surface area (Å²) in [6.07, 6.45) is 1.03. The maximum Gasteiger partial charge on any atom is 0.281 e. The molecule has 0 heterocycles. The van der Waals surface area contributed by atoms with E-state index >= 15 is 0 Å². The van der Waals surface area contributed by atoms with Gasteiger partial charge in [0.05, 0.1) is 0 Å². The molecule has 0 saturated heterocycles. The molecule has 0 radical (unpaired) electrons. The van der Waals surface area contributed by atoms with E-state index in [-0.39, 0.29) is 13.2 Å². The molecule has 0 aliphatic rings. The second-order valence-corrected chi connectivity index (χ2v) is 6.98. The minimum Gasteiger partial charge on any atom is -0.396 e. The van der Waals surface area contributed by atoms with Crippen molar-refractivity contribution in [3.8, 4) is 0 Å². The predicted octanol–water partition coefficient (Wildman–Crippen LogP) is 0.818. The van der Waals surface area contributed by atoms with Crippen LogP contribution in [0.15, 0.2) is 0 Å². The fourth-order valence-electron chi connectivity index (χ4n) is 1.46. The highest BCUT2D eigenvalue weighted by Crippen LogP contribution is 2.40. The van der Waals surface area contributed by atoms with Gasteiger partial charge in [-0.15, -0.1) is 23.2 Å². The van der Waals surface area contributed by atoms with E-state index in [2.05, 4.69) is 10.2 Å². The molecule has 0 atom stereocenters. The number of hydrogen-bond donors (Lipinski definition) is 4. The van der Waals surface area contributed by atoms with E-state index in [1.165, 1.54) is 0 Å². The first-order chi connectivity index (χ1) is 9.14. The quantitative estimate of drug-likeness (QED) is 0.226. The van der Waals surface area contributed by atoms with Crippen molar-refractivity contribution in [2.75, 3.05) is 51.2 Å². The van der Waals surface area contributed by atoms with Gasteiger partial charge < -0.3 is 10.2 Å². The molecule has 0 aromatic heterocycles. The molecule has 19 heavy (non-hydrogen) atoms. The second kappa shape index (κ2) is 12.4. The Morgan fingerprint density at radius 2 is 1.37 bits per heavy atom. The molecule has 0 unspecified atom stereocenters. The fraction of sp³-hybridized carbons (Fsp3) is 1.00. The van der Waals surface area contributed by atoms with Crippen molar-refractivity contribution in [1.82, 2.24) is 14.8 Å². The van der Waals surface area contributed by atoms with Gasteiger partial charge in [0.1, 0.15) is 0 Å². The summed E-state index contributed by atoms with van der Waals surface area (Å²) in [5.74, 6) is 0.703. The predicted molar refractivity (Wildman–Crippen MR) is 80.0 cm³/mol. The van der Waals surface area contributed by atoms with Crippen molar-refractivity contribution in [1.29, 1.82) is 0 Å². The molecular formula is C10H24Cl2N3O3P. The largest absolute Gasteiger partial charge is 0.396 e. The van der Waals surface area contributed by atoms with Crippen molar-refractivity contribution in [3.63, 3.8) is 0 Å². The zero-order chi connectivity index (χ0) is 14.6. The number of nitrogens with zero attached hydrogens (tertiary/aromatic N) is 1. The lowest BCUT2D eigenvalue weighted by molar-refractivity contribution is 0.286. The van der Waals surface area contributed by atoms with Gasteiger partial charge in [0.15, 0.2) is 0 Å². The standard InChI is InChI=1S/C10H24Cl2N3O3P/c11-3-7-15(8-4-12)19(18,13-5-1-9-16)14-6-2-10-17/h16-17H,1-10H2,(H2,13,14,18). The van der Waals surface area contributed by atoms with Crippen molar-refractivity contribution in [2.24, 2.45) is 0 Å². The van der Waals surface area contributed by atoms with E-state index in [1.807, 2.05) is 0 Å². The van der Waals surface area contributed by atoms with Gasteiger partial charge in [-0.3, -0.25) is 4.57 Å². The molecule has 0 aromatic rings. The Morgan fingerprint density at radius 1 is 0.947 bits per heavy atom. The summed E-state index contributed by atoms with van der Waals surface area (Å²) in [4.78, 5) is 0. The maximum atomic E-state index is 12.9. The van der Waals surface area contributed by atoms with Gasteiger partial charge in [0.25, 0.3) is 7.59 Å². The molecule has 0 rings (SSSR count). The van der Waals surface area contributed by atoms with Gasteiger partial charge in [-0.1, -0.05) is 0 Å². The Morgan fingerprint density at radius 3 is 1.68 bits per heavy atom. The molecule has 0 bridgehead atoms. The molecule has 9 heteroatoms. The fourth-order valence-corrected chi connectivity index (χ4v) is 4.31. The zero-order valence-corrected chi connectivity index (χ0v) is 13.4. The van der Waals surface area contributed by atoms with Crippen LogP contribution >= 0.6 is 30.8 Å². The lowest BCUT2D eigenvalue weighted by Crippen LogP contribution is -2.39. The number of aliphatic hydroxyl groups is 2. The average molecular weight is 336 g/mol. The Balaban J connectivity index is 4.61. The molecule has 0 fully saturated rings. The number of aliphatic hydroxyl groups excluding tert-OH is 2. The van der Waals surface area contributed by atoms with Crippen molar-refractivity contribution >= 4 is 30.8 Å². The number of alkyl halides is 2. The first-order valence-electron chi connectivity index (χ1n) is 6.34. The summed E-state index contributed by atoms with van der Waals surface area (Å²) < 4.78 is 14.6. The summed E-state index contributed by atoms with van der Waals surface area (Å²) in [7, 11) is -2.98. The molecule has 4 N–H and O–H groups in total. The summed E-state index contributed by atoms with van der Waals surface area (Å²) >= 11 is 11.4. The molecule has 0 saturated carbocycles. The van der Waals surface area contributed by atoms with Crippen LogP contribution in [0.25, 0.3) is 0 Å². The smallest absolute Gasteiger partial charge is 0.281 e. The third-order valence-electron chi connectivity index (χ3n) is 2.41. The van der Waals surface area contributed by atoms with E-state index < -0.39 is 7.59 Å². The van der Waals surface area contributed by atoms with E-state index in [1.54, 1.807) is 4.67 Å². The summed E-state index contributed by atoms with van der Waals surface area (Å²) in [6, 6.07) is 0. The van der Waals surface area contributed by atoms with Crippen LogP contribution in [0.5, 0.6) is 0 Å². The topological polar surface area (TPSA) is 84.8 Å². The van der Waals surface area contributed by atoms with Gasteiger partial charge >= 0.3 is 0 Å². The third kappa shape index (κ3) is 8.48. The molecule has 6 nitrogen and oxygen atoms in total. The number of nitrogens with one attached hydrogen (secondary N) is 2. The molecule has 0 amide bonds. The van der Waals surface area contributed by atoms with E-state index in [0.29, 0.717) is 50.8 Å². The molecule has 0 aliphatic heterocycles. The van der Waals surface area contributed by atoms with Crippen molar-refractivity contribution < 1.29 is 14.8 Å². The average Bonchev–Trinajstić information content (AvgIpc) is 2.39. The van der Waals surface area contributed by atoms with Crippen LogP contribution in [0.3, 0.4) is 0 Å². The summed E-state index contributed by atoms with van der Waals surface area (Å²) in [6.45, 7) is 1.83. The summed E-state index contributed by atoms with van der Waals surface area (Å²) in [5, 5.41) is 23.4. The Hall–Kier alpha value is 0.610. The van der Waals surface area contributed by atoms with Crippen LogP contribution in [-0.4, -0.2) is 66.0 Å². The first kappa shape index (κ1) is 19.6. The number of rotatable bonds is 13. The van der Waals surface area contributed by atoms with Crippen LogP contribution in [0.1, 0.15) is 12.8 Å². The molecule has 116 valence electrons. The van der Waals surface area contributed by atoms with Crippen LogP contribution < -0.4 is 10.2 Å². The molecule has 0 aromatic carbocycles. The molecule has 0 spiro atoms. The van der Waals surface area contributed by atoms with Gasteiger partial charge in [0, 0.05) is 51.2 Å². The van der Waals surface area contributed by atoms with Crippen molar-refractivity contribution in [2.45, 2.75) is 12.8 Å². The number of halogens is 2. The SMILES string of the molecule is O=P(NCCCO)(NCCCO)N(CCCl)CCCl. The Bertz CT molecular complexity index is 242. The molecule has 0 aliphatic carbocycles. The Labute approximate surface area is 125 Å². The van der Waals surface area contributed by atoms with Gasteiger partial charge in [-0.25, -0.2) is 14.8 Å². The van der Waals surface area contributed by atoms with Crippen molar-refractivity contribution in [3.05, 3.63) is 0 Å². The maximum absolute atomic E-state index is 12.9. The highest BCUT2D eigenvalue weighted by molar-refractivity contribution is 7.57. The highest BCUT2D eigenvalue weighted by Gasteiger charge is 2.28. The van der Waals surface area contributed by atoms with E-state index in [9.17, 15) is 4.57 Å². The minimum absolute atomic E-state index is 0.0364. The third-order valence-corrected chi connectivity index (χ3v) is 5.24. The Kier molecular flexibility index (Phi) is 12.8. The van der Waals surface area contributed by atoms with Gasteiger partial charge in [-0.05, 0) is 12.8 Å².